The van der Waals surface area contributed by atoms with Crippen molar-refractivity contribution in [2.45, 2.75) is 44.9 Å². The minimum absolute atomic E-state index is 0.0621. The third kappa shape index (κ3) is 5.61. The number of amidine groups is 1. The molecule has 2 unspecified atom stereocenters. The number of hydrogen-bond acceptors (Lipinski definition) is 6. The largest absolute Gasteiger partial charge is 0.417 e. The van der Waals surface area contributed by atoms with Crippen LogP contribution in [0.2, 0.25) is 0 Å². The summed E-state index contributed by atoms with van der Waals surface area (Å²) in [5, 5.41) is 6.67. The highest BCUT2D eigenvalue weighted by Gasteiger charge is 2.48. The molecule has 4 aromatic rings. The number of benzene rings is 3. The molecule has 0 saturated carbocycles. The first-order valence-corrected chi connectivity index (χ1v) is 16.1. The number of likely N-dealkylation sites (tertiary alicyclic amines) is 1. The van der Waals surface area contributed by atoms with Crippen LogP contribution in [0.5, 0.6) is 0 Å². The number of halogens is 4. The van der Waals surface area contributed by atoms with Crippen molar-refractivity contribution in [3.05, 3.63) is 106 Å². The Morgan fingerprint density at radius 3 is 2.45 bits per heavy atom. The van der Waals surface area contributed by atoms with Crippen LogP contribution in [0.1, 0.15) is 53.4 Å². The van der Waals surface area contributed by atoms with Crippen LogP contribution in [0, 0.1) is 5.92 Å². The summed E-state index contributed by atoms with van der Waals surface area (Å²) >= 11 is 2.96. The average molecular weight is 707 g/mol. The molecule has 0 bridgehead atoms. The molecule has 4 heterocycles. The average Bonchev–Trinajstić information content (AvgIpc) is 3.67. The maximum absolute atomic E-state index is 14.5. The quantitative estimate of drug-likeness (QED) is 0.249. The van der Waals surface area contributed by atoms with Crippen molar-refractivity contribution in [1.82, 2.24) is 20.1 Å². The highest BCUT2D eigenvalue weighted by atomic mass is 79.9. The molecule has 1 fully saturated rings. The van der Waals surface area contributed by atoms with E-state index in [1.807, 2.05) is 78.1 Å². The zero-order valence-corrected chi connectivity index (χ0v) is 27.2. The number of carbonyl (C=O) groups excluding carboxylic acids is 2. The summed E-state index contributed by atoms with van der Waals surface area (Å²) in [6.07, 6.45) is -2.00. The summed E-state index contributed by atoms with van der Waals surface area (Å²) in [6.45, 7) is 4.36. The van der Waals surface area contributed by atoms with Crippen LogP contribution < -0.4 is 15.3 Å². The topological polar surface area (TPSA) is 86.1 Å². The van der Waals surface area contributed by atoms with Gasteiger partial charge in [0, 0.05) is 34.6 Å². The number of aromatic nitrogens is 2. The summed E-state index contributed by atoms with van der Waals surface area (Å²) in [7, 11) is 0. The number of nitrogens with zero attached hydrogens (tertiary/aromatic N) is 6. The molecule has 9 nitrogen and oxygen atoms in total. The SMILES string of the molecule is CC1=NCNN1c1ccc(N2C(=O)C3C[C@@H](C)N(C(=O)c4ccc(Br)c(C(F)(F)F)c4)CC3n3ncc(Cc4ccccc4)c32)cc1. The summed E-state index contributed by atoms with van der Waals surface area (Å²) in [4.78, 5) is 35.9. The zero-order valence-electron chi connectivity index (χ0n) is 25.6. The number of aliphatic imine (C=N–C) groups is 1. The number of rotatable bonds is 5. The van der Waals surface area contributed by atoms with E-state index in [0.29, 0.717) is 31.0 Å². The zero-order chi connectivity index (χ0) is 33.0. The molecular formula is C34H31BrF3N7O2. The van der Waals surface area contributed by atoms with Crippen molar-refractivity contribution in [1.29, 1.82) is 0 Å². The van der Waals surface area contributed by atoms with Gasteiger partial charge in [-0.05, 0) is 68.3 Å². The van der Waals surface area contributed by atoms with Gasteiger partial charge >= 0.3 is 6.18 Å². The number of amides is 2. The van der Waals surface area contributed by atoms with Crippen LogP contribution in [-0.4, -0.2) is 51.6 Å². The molecule has 3 aliphatic rings. The van der Waals surface area contributed by atoms with Crippen LogP contribution in [0.25, 0.3) is 0 Å². The van der Waals surface area contributed by atoms with E-state index in [9.17, 15) is 22.8 Å². The van der Waals surface area contributed by atoms with Crippen molar-refractivity contribution < 1.29 is 22.8 Å². The van der Waals surface area contributed by atoms with Gasteiger partial charge in [-0.25, -0.2) is 10.1 Å². The molecule has 1 N–H and O–H groups in total. The van der Waals surface area contributed by atoms with Crippen LogP contribution in [-0.2, 0) is 17.4 Å². The first kappa shape index (κ1) is 31.1. The van der Waals surface area contributed by atoms with Gasteiger partial charge in [0.15, 0.2) is 0 Å². The van der Waals surface area contributed by atoms with Crippen LogP contribution >= 0.6 is 15.9 Å². The van der Waals surface area contributed by atoms with Gasteiger partial charge in [0.2, 0.25) is 5.91 Å². The van der Waals surface area contributed by atoms with E-state index in [-0.39, 0.29) is 22.5 Å². The molecule has 13 heteroatoms. The van der Waals surface area contributed by atoms with E-state index in [4.69, 9.17) is 5.10 Å². The molecule has 47 heavy (non-hydrogen) atoms. The lowest BCUT2D eigenvalue weighted by Crippen LogP contribution is -2.56. The fourth-order valence-corrected chi connectivity index (χ4v) is 7.24. The second-order valence-corrected chi connectivity index (χ2v) is 12.9. The standard InChI is InChI=1S/C34H31BrF3N7O2/c1-20-14-27-30(18-42(20)32(46)23-8-13-29(35)28(16-23)34(36,37)38)45-31(24(17-40-45)15-22-6-4-3-5-7-22)43(33(27)47)25-9-11-26(12-10-25)44-21(2)39-19-41-44/h3-13,16-17,20,27,30,41H,14-15,18-19H2,1-2H3/t20-,27?,30?/m1/s1. The summed E-state index contributed by atoms with van der Waals surface area (Å²) in [5.74, 6) is 0.327. The number of hydrazine groups is 1. The minimum atomic E-state index is -4.62. The lowest BCUT2D eigenvalue weighted by Gasteiger charge is -2.47. The molecule has 3 aromatic carbocycles. The van der Waals surface area contributed by atoms with E-state index < -0.39 is 35.6 Å². The summed E-state index contributed by atoms with van der Waals surface area (Å²) in [6, 6.07) is 20.2. The van der Waals surface area contributed by atoms with Crippen LogP contribution in [0.4, 0.5) is 30.4 Å². The fourth-order valence-electron chi connectivity index (χ4n) is 6.77. The molecular weight excluding hydrogens is 675 g/mol. The second-order valence-electron chi connectivity index (χ2n) is 12.1. The van der Waals surface area contributed by atoms with Crippen molar-refractivity contribution in [3.8, 4) is 0 Å². The monoisotopic (exact) mass is 705 g/mol. The van der Waals surface area contributed by atoms with Crippen molar-refractivity contribution in [2.24, 2.45) is 10.9 Å². The number of hydrogen-bond donors (Lipinski definition) is 1. The predicted octanol–water partition coefficient (Wildman–Crippen LogP) is 6.73. The van der Waals surface area contributed by atoms with Crippen molar-refractivity contribution >= 4 is 50.8 Å². The third-order valence-electron chi connectivity index (χ3n) is 9.12. The molecule has 0 radical (unpaired) electrons. The van der Waals surface area contributed by atoms with E-state index in [2.05, 4.69) is 26.3 Å². The van der Waals surface area contributed by atoms with E-state index in [1.165, 1.54) is 12.1 Å². The van der Waals surface area contributed by atoms with Gasteiger partial charge in [-0.2, -0.15) is 18.3 Å². The predicted molar refractivity (Wildman–Crippen MR) is 175 cm³/mol. The first-order valence-electron chi connectivity index (χ1n) is 15.3. The van der Waals surface area contributed by atoms with Crippen LogP contribution in [0.15, 0.2) is 88.5 Å². The van der Waals surface area contributed by atoms with Gasteiger partial charge in [-0.1, -0.05) is 46.3 Å². The Morgan fingerprint density at radius 1 is 1.04 bits per heavy atom. The Hall–Kier alpha value is -4.49. The molecule has 0 aliphatic carbocycles. The van der Waals surface area contributed by atoms with E-state index in [0.717, 1.165) is 28.7 Å². The summed E-state index contributed by atoms with van der Waals surface area (Å²) < 4.78 is 42.7. The van der Waals surface area contributed by atoms with Gasteiger partial charge in [0.05, 0.1) is 35.1 Å². The number of fused-ring (bicyclic) bond motifs is 3. The van der Waals surface area contributed by atoms with E-state index >= 15 is 0 Å². The maximum atomic E-state index is 14.5. The number of alkyl halides is 3. The molecule has 1 saturated heterocycles. The van der Waals surface area contributed by atoms with Gasteiger partial charge in [0.25, 0.3) is 5.91 Å². The summed E-state index contributed by atoms with van der Waals surface area (Å²) in [5.41, 5.74) is 5.69. The molecule has 242 valence electrons. The Balaban J connectivity index is 1.26. The molecule has 1 aromatic heterocycles. The van der Waals surface area contributed by atoms with Crippen molar-refractivity contribution in [3.63, 3.8) is 0 Å². The van der Waals surface area contributed by atoms with Gasteiger partial charge in [-0.3, -0.25) is 24.5 Å². The highest BCUT2D eigenvalue weighted by molar-refractivity contribution is 9.10. The molecule has 3 atom stereocenters. The van der Waals surface area contributed by atoms with Gasteiger partial charge < -0.3 is 4.90 Å². The third-order valence-corrected chi connectivity index (χ3v) is 9.82. The molecule has 3 aliphatic heterocycles. The molecule has 7 rings (SSSR count). The smallest absolute Gasteiger partial charge is 0.334 e. The molecule has 2 amide bonds. The number of piperidine rings is 1. The van der Waals surface area contributed by atoms with Crippen LogP contribution in [0.3, 0.4) is 0 Å². The van der Waals surface area contributed by atoms with E-state index in [1.54, 1.807) is 16.0 Å². The Bertz CT molecular complexity index is 1880. The Kier molecular flexibility index (Phi) is 7.91. The van der Waals surface area contributed by atoms with Gasteiger partial charge in [-0.15, -0.1) is 0 Å². The lowest BCUT2D eigenvalue weighted by atomic mass is 9.84. The van der Waals surface area contributed by atoms with Gasteiger partial charge in [0.1, 0.15) is 18.3 Å². The lowest BCUT2D eigenvalue weighted by molar-refractivity contribution is -0.138. The first-order chi connectivity index (χ1) is 22.5. The van der Waals surface area contributed by atoms with Crippen molar-refractivity contribution in [2.75, 3.05) is 23.1 Å². The minimum Gasteiger partial charge on any atom is -0.334 e. The highest BCUT2D eigenvalue weighted by Crippen LogP contribution is 2.45. The second kappa shape index (κ2) is 11.9. The molecule has 0 spiro atoms. The number of nitrogens with one attached hydrogen (secondary N) is 1. The number of anilines is 3. The maximum Gasteiger partial charge on any atom is 0.417 e. The number of carbonyl (C=O) groups is 2. The Labute approximate surface area is 277 Å². The Morgan fingerprint density at radius 2 is 1.77 bits per heavy atom. The normalized spacial score (nSPS) is 21.1. The fraction of sp³-hybridized carbons (Fsp3) is 0.294.